The van der Waals surface area contributed by atoms with Gasteiger partial charge in [0.25, 0.3) is 0 Å². The fourth-order valence-electron chi connectivity index (χ4n) is 0.866. The van der Waals surface area contributed by atoms with Crippen LogP contribution >= 0.6 is 0 Å². The molecule has 0 radical (unpaired) electrons. The van der Waals surface area contributed by atoms with Crippen LogP contribution in [0.3, 0.4) is 0 Å². The summed E-state index contributed by atoms with van der Waals surface area (Å²) in [6.45, 7) is 5.49. The molecule has 0 aliphatic rings. The van der Waals surface area contributed by atoms with E-state index in [9.17, 15) is 0 Å². The molecule has 0 spiro atoms. The van der Waals surface area contributed by atoms with Crippen molar-refractivity contribution in [2.45, 2.75) is 0 Å². The van der Waals surface area contributed by atoms with Crippen molar-refractivity contribution in [3.63, 3.8) is 0 Å². The van der Waals surface area contributed by atoms with Crippen LogP contribution in [0.2, 0.25) is 0 Å². The van der Waals surface area contributed by atoms with Crippen LogP contribution in [0.25, 0.3) is 0 Å². The van der Waals surface area contributed by atoms with Crippen LogP contribution in [0.5, 0.6) is 0 Å². The summed E-state index contributed by atoms with van der Waals surface area (Å²) in [7, 11) is 4.57. The molecular weight excluding hydrogens is 214 g/mol. The fourth-order valence-corrected chi connectivity index (χ4v) is 0.949. The first-order chi connectivity index (χ1) is 7.41. The van der Waals surface area contributed by atoms with E-state index in [1.54, 1.807) is 7.11 Å². The van der Waals surface area contributed by atoms with E-state index in [0.717, 1.165) is 19.7 Å². The number of nitrogens with one attached hydrogen (secondary N) is 1. The van der Waals surface area contributed by atoms with E-state index >= 15 is 0 Å². The van der Waals surface area contributed by atoms with Gasteiger partial charge in [-0.05, 0) is 0 Å². The molecule has 0 aromatic heterocycles. The molecule has 86 valence electrons. The van der Waals surface area contributed by atoms with Crippen LogP contribution < -0.4 is 5.32 Å². The number of rotatable bonds is 12. The number of ether oxygens (including phenoxy) is 3. The summed E-state index contributed by atoms with van der Waals surface area (Å²) in [5.41, 5.74) is 0. The van der Waals surface area contributed by atoms with E-state index in [-0.39, 0.29) is 0 Å². The van der Waals surface area contributed by atoms with E-state index in [1.165, 1.54) is 0 Å². The third kappa shape index (κ3) is 14.0. The Labute approximate surface area is 95.0 Å². The van der Waals surface area contributed by atoms with Crippen molar-refractivity contribution < 1.29 is 18.6 Å². The van der Waals surface area contributed by atoms with Gasteiger partial charge in [0.05, 0.1) is 0 Å². The van der Waals surface area contributed by atoms with Crippen molar-refractivity contribution in [3.05, 3.63) is 0 Å². The molecule has 0 aromatic rings. The molecule has 6 heteroatoms. The van der Waals surface area contributed by atoms with Gasteiger partial charge in [0.15, 0.2) is 0 Å². The van der Waals surface area contributed by atoms with E-state index in [1.807, 2.05) is 0 Å². The van der Waals surface area contributed by atoms with Crippen molar-refractivity contribution in [3.8, 4) is 0 Å². The van der Waals surface area contributed by atoms with Crippen molar-refractivity contribution >= 4 is 10.5 Å². The van der Waals surface area contributed by atoms with Gasteiger partial charge in [-0.15, -0.1) is 0 Å². The average molecular weight is 234 g/mol. The zero-order valence-electron chi connectivity index (χ0n) is 9.29. The molecule has 0 bridgehead atoms. The van der Waals surface area contributed by atoms with Crippen LogP contribution in [0.15, 0.2) is 0 Å². The summed E-state index contributed by atoms with van der Waals surface area (Å²) in [6.07, 6.45) is 0. The summed E-state index contributed by atoms with van der Waals surface area (Å²) < 4.78 is 20.0. The maximum atomic E-state index is 5.31. The van der Waals surface area contributed by atoms with Gasteiger partial charge in [0.1, 0.15) is 0 Å². The Bertz CT molecular complexity index is 106. The average Bonchev–Trinajstić information content (AvgIpc) is 2.26. The Morgan fingerprint density at radius 1 is 0.867 bits per heavy atom. The zero-order chi connectivity index (χ0) is 11.2. The predicted octanol–water partition coefficient (Wildman–Crippen LogP) is -0.644. The van der Waals surface area contributed by atoms with Gasteiger partial charge in [0.2, 0.25) is 0 Å². The first-order valence-electron chi connectivity index (χ1n) is 5.05. The van der Waals surface area contributed by atoms with Gasteiger partial charge in [0, 0.05) is 7.11 Å². The molecule has 15 heavy (non-hydrogen) atoms. The van der Waals surface area contributed by atoms with Crippen molar-refractivity contribution in [1.29, 1.82) is 0 Å². The molecule has 0 saturated carbocycles. The number of hydrogen-bond acceptors (Lipinski definition) is 5. The summed E-state index contributed by atoms with van der Waals surface area (Å²) in [5.74, 6) is 0. The number of methoxy groups -OCH3 is 1. The van der Waals surface area contributed by atoms with Gasteiger partial charge in [-0.25, -0.2) is 0 Å². The Morgan fingerprint density at radius 2 is 1.47 bits per heavy atom. The standard InChI is InChI=1S/C9H20NO4Si/c1-11-4-2-10-3-5-12-6-7-13-8-9-14-15/h10H,2-9H2,1H3/q+3. The van der Waals surface area contributed by atoms with Crippen LogP contribution in [0, 0.1) is 0 Å². The van der Waals surface area contributed by atoms with Gasteiger partial charge >= 0.3 is 82.4 Å². The first kappa shape index (κ1) is 15.0. The first-order valence-corrected chi connectivity index (χ1v) is 5.46. The van der Waals surface area contributed by atoms with Crippen LogP contribution in [0.4, 0.5) is 0 Å². The molecule has 5 nitrogen and oxygen atoms in total. The molecule has 0 fully saturated rings. The summed E-state index contributed by atoms with van der Waals surface area (Å²) in [5, 5.41) is 3.18. The summed E-state index contributed by atoms with van der Waals surface area (Å²) in [6, 6.07) is 0. The van der Waals surface area contributed by atoms with Gasteiger partial charge in [-0.1, -0.05) is 0 Å². The zero-order valence-corrected chi connectivity index (χ0v) is 10.3. The minimum absolute atomic E-state index is 0.551. The van der Waals surface area contributed by atoms with Gasteiger partial charge < -0.3 is 4.74 Å². The topological polar surface area (TPSA) is 49.0 Å². The molecule has 0 heterocycles. The molecule has 0 atom stereocenters. The van der Waals surface area contributed by atoms with E-state index in [0.29, 0.717) is 33.0 Å². The molecule has 0 aliphatic heterocycles. The van der Waals surface area contributed by atoms with Gasteiger partial charge in [-0.2, -0.15) is 0 Å². The second kappa shape index (κ2) is 14.0. The Morgan fingerprint density at radius 3 is 2.13 bits per heavy atom. The molecule has 0 saturated heterocycles. The molecule has 0 unspecified atom stereocenters. The molecule has 0 aliphatic carbocycles. The van der Waals surface area contributed by atoms with E-state index < -0.39 is 0 Å². The Balaban J connectivity index is 2.81. The SMILES string of the molecule is COCCNCCOCCOCCO[Si+3]. The third-order valence-corrected chi connectivity index (χ3v) is 1.81. The maximum absolute atomic E-state index is 5.31. The summed E-state index contributed by atoms with van der Waals surface area (Å²) >= 11 is 0. The van der Waals surface area contributed by atoms with Crippen molar-refractivity contribution in [2.24, 2.45) is 0 Å². The van der Waals surface area contributed by atoms with Crippen LogP contribution in [-0.4, -0.2) is 70.3 Å². The quantitative estimate of drug-likeness (QED) is 0.359. The van der Waals surface area contributed by atoms with E-state index in [2.05, 4.69) is 20.2 Å². The summed E-state index contributed by atoms with van der Waals surface area (Å²) in [4.78, 5) is 0. The molecule has 0 aromatic carbocycles. The Kier molecular flexibility index (Phi) is 14.0. The molecular formula is C9H20NO4Si+3. The Hall–Kier alpha value is 0.0169. The second-order valence-corrected chi connectivity index (χ2v) is 3.10. The fraction of sp³-hybridized carbons (Fsp3) is 1.00. The molecule has 0 rings (SSSR count). The van der Waals surface area contributed by atoms with Gasteiger partial charge in [-0.3, -0.25) is 0 Å². The molecule has 1 N–H and O–H groups in total. The minimum atomic E-state index is 0.551. The second-order valence-electron chi connectivity index (χ2n) is 2.82. The van der Waals surface area contributed by atoms with Crippen molar-refractivity contribution in [1.82, 2.24) is 5.32 Å². The van der Waals surface area contributed by atoms with Crippen LogP contribution in [-0.2, 0) is 18.6 Å². The predicted molar refractivity (Wildman–Crippen MR) is 58.1 cm³/mol. The normalized spacial score (nSPS) is 10.9. The van der Waals surface area contributed by atoms with Crippen LogP contribution in [0.1, 0.15) is 0 Å². The van der Waals surface area contributed by atoms with Crippen molar-refractivity contribution in [2.75, 3.05) is 59.8 Å². The molecule has 0 amide bonds. The number of hydrogen-bond donors (Lipinski definition) is 1. The monoisotopic (exact) mass is 234 g/mol. The third-order valence-electron chi connectivity index (χ3n) is 1.61. The van der Waals surface area contributed by atoms with E-state index in [4.69, 9.17) is 14.2 Å².